The molecule has 0 saturated carbocycles. The maximum atomic E-state index is 13.3. The zero-order valence-electron chi connectivity index (χ0n) is 18.3. The number of thiazole rings is 1. The zero-order valence-corrected chi connectivity index (χ0v) is 19.2. The zero-order chi connectivity index (χ0) is 24.9. The van der Waals surface area contributed by atoms with Crippen LogP contribution in [-0.2, 0) is 20.7 Å². The van der Waals surface area contributed by atoms with Crippen LogP contribution in [0.15, 0.2) is 60.0 Å². The summed E-state index contributed by atoms with van der Waals surface area (Å²) in [5.74, 6) is -1.29. The molecule has 0 spiro atoms. The minimum Gasteiger partial charge on any atom is -0.508 e. The van der Waals surface area contributed by atoms with Crippen molar-refractivity contribution in [2.45, 2.75) is 18.5 Å². The van der Waals surface area contributed by atoms with E-state index in [9.17, 15) is 24.3 Å². The molecule has 0 bridgehead atoms. The van der Waals surface area contributed by atoms with Crippen molar-refractivity contribution in [3.05, 3.63) is 71.1 Å². The fourth-order valence-corrected chi connectivity index (χ4v) is 4.11. The number of hydrogen-bond acceptors (Lipinski definition) is 9. The Bertz CT molecular complexity index is 1250. The molecule has 0 radical (unpaired) electrons. The molecule has 11 nitrogen and oxygen atoms in total. The number of phenols is 1. The molecule has 2 atom stereocenters. The van der Waals surface area contributed by atoms with Crippen molar-refractivity contribution in [3.63, 3.8) is 0 Å². The number of anilines is 1. The number of carbonyl (C=O) groups is 4. The van der Waals surface area contributed by atoms with Gasteiger partial charge in [-0.25, -0.2) is 14.5 Å². The van der Waals surface area contributed by atoms with Gasteiger partial charge < -0.3 is 25.2 Å². The summed E-state index contributed by atoms with van der Waals surface area (Å²) in [5.41, 5.74) is 1.20. The molecule has 3 aromatic rings. The van der Waals surface area contributed by atoms with Gasteiger partial charge in [0.2, 0.25) is 11.8 Å². The van der Waals surface area contributed by atoms with Crippen molar-refractivity contribution in [1.29, 1.82) is 0 Å². The normalized spacial score (nSPS) is 15.9. The largest absolute Gasteiger partial charge is 0.514 e. The van der Waals surface area contributed by atoms with E-state index in [0.717, 1.165) is 23.3 Å². The molecular formula is C23H20N4O7S. The Morgan fingerprint density at radius 2 is 1.89 bits per heavy atom. The standard InChI is InChI=1S/C23H20N4O7S/c1-33-23(32)34-17-12-35-21(24-17)26-19(29)16(11-13-7-9-15(28)10-8-13)27-20(30)18(25-22(27)31)14-5-3-2-4-6-14/h2-10,12,16,18,28H,11H2,1H3,(H,25,31)(H,24,26,29)/t16-,18+/m1/s1. The smallest absolute Gasteiger partial charge is 0.508 e. The maximum Gasteiger partial charge on any atom is 0.514 e. The molecule has 3 N–H and O–H groups in total. The molecular weight excluding hydrogens is 476 g/mol. The monoisotopic (exact) mass is 496 g/mol. The van der Waals surface area contributed by atoms with Crippen molar-refractivity contribution < 1.29 is 33.8 Å². The van der Waals surface area contributed by atoms with Crippen LogP contribution in [0.4, 0.5) is 14.7 Å². The maximum absolute atomic E-state index is 13.3. The van der Waals surface area contributed by atoms with Crippen molar-refractivity contribution in [3.8, 4) is 11.6 Å². The number of phenolic OH excluding ortho intramolecular Hbond substituents is 1. The number of hydrogen-bond donors (Lipinski definition) is 3. The number of imide groups is 1. The van der Waals surface area contributed by atoms with E-state index < -0.39 is 36.1 Å². The Hall–Kier alpha value is -4.45. The number of methoxy groups -OCH3 is 1. The fraction of sp³-hybridized carbons (Fsp3) is 0.174. The van der Waals surface area contributed by atoms with E-state index in [1.807, 2.05) is 0 Å². The number of amides is 4. The molecule has 2 heterocycles. The number of nitrogens with one attached hydrogen (secondary N) is 2. The molecule has 2 aromatic carbocycles. The van der Waals surface area contributed by atoms with Crippen LogP contribution < -0.4 is 15.4 Å². The quantitative estimate of drug-likeness (QED) is 0.334. The first-order valence-corrected chi connectivity index (χ1v) is 11.2. The average Bonchev–Trinajstić information content (AvgIpc) is 3.42. The molecule has 1 aliphatic rings. The van der Waals surface area contributed by atoms with Gasteiger partial charge in [0.1, 0.15) is 17.8 Å². The highest BCUT2D eigenvalue weighted by molar-refractivity contribution is 7.14. The Morgan fingerprint density at radius 1 is 1.17 bits per heavy atom. The van der Waals surface area contributed by atoms with E-state index in [4.69, 9.17) is 4.74 Å². The van der Waals surface area contributed by atoms with E-state index in [1.165, 1.54) is 17.5 Å². The van der Waals surface area contributed by atoms with Gasteiger partial charge in [-0.05, 0) is 23.3 Å². The third-order valence-electron chi connectivity index (χ3n) is 5.15. The second-order valence-corrected chi connectivity index (χ2v) is 8.28. The average molecular weight is 497 g/mol. The molecule has 4 amide bonds. The van der Waals surface area contributed by atoms with Crippen LogP contribution in [0.5, 0.6) is 11.6 Å². The summed E-state index contributed by atoms with van der Waals surface area (Å²) in [4.78, 5) is 55.6. The molecule has 4 rings (SSSR count). The fourth-order valence-electron chi connectivity index (χ4n) is 3.50. The van der Waals surface area contributed by atoms with Crippen LogP contribution in [0.25, 0.3) is 0 Å². The SMILES string of the molecule is COC(=O)Oc1csc(NC(=O)[C@@H](Cc2ccc(O)cc2)N2C(=O)N[C@@H](c3ccccc3)C2=O)n1. The van der Waals surface area contributed by atoms with Crippen LogP contribution >= 0.6 is 11.3 Å². The van der Waals surface area contributed by atoms with Crippen molar-refractivity contribution in [2.24, 2.45) is 0 Å². The van der Waals surface area contributed by atoms with E-state index in [1.54, 1.807) is 42.5 Å². The first kappa shape index (κ1) is 23.7. The topological polar surface area (TPSA) is 147 Å². The van der Waals surface area contributed by atoms with Crippen molar-refractivity contribution in [1.82, 2.24) is 15.2 Å². The second-order valence-electron chi connectivity index (χ2n) is 7.42. The second kappa shape index (κ2) is 10.2. The van der Waals surface area contributed by atoms with Gasteiger partial charge in [-0.15, -0.1) is 11.3 Å². The highest BCUT2D eigenvalue weighted by atomic mass is 32.1. The van der Waals surface area contributed by atoms with Gasteiger partial charge in [0.25, 0.3) is 5.91 Å². The molecule has 0 aliphatic carbocycles. The van der Waals surface area contributed by atoms with Crippen molar-refractivity contribution in [2.75, 3.05) is 12.4 Å². The highest BCUT2D eigenvalue weighted by Gasteiger charge is 2.45. The van der Waals surface area contributed by atoms with Gasteiger partial charge >= 0.3 is 12.2 Å². The predicted molar refractivity (Wildman–Crippen MR) is 124 cm³/mol. The lowest BCUT2D eigenvalue weighted by molar-refractivity contribution is -0.134. The number of carbonyl (C=O) groups excluding carboxylic acids is 4. The van der Waals surface area contributed by atoms with Gasteiger partial charge in [0.15, 0.2) is 5.13 Å². The van der Waals surface area contributed by atoms with E-state index in [2.05, 4.69) is 20.4 Å². The summed E-state index contributed by atoms with van der Waals surface area (Å²) in [6.07, 6.45) is -0.978. The minimum atomic E-state index is -1.23. The summed E-state index contributed by atoms with van der Waals surface area (Å²) >= 11 is 0.985. The first-order valence-electron chi connectivity index (χ1n) is 10.3. The highest BCUT2D eigenvalue weighted by Crippen LogP contribution is 2.27. The van der Waals surface area contributed by atoms with Gasteiger partial charge in [-0.1, -0.05) is 42.5 Å². The summed E-state index contributed by atoms with van der Waals surface area (Å²) in [5, 5.41) is 16.3. The Morgan fingerprint density at radius 3 is 2.57 bits per heavy atom. The number of benzene rings is 2. The van der Waals surface area contributed by atoms with E-state index in [0.29, 0.717) is 11.1 Å². The van der Waals surface area contributed by atoms with Crippen LogP contribution in [0.1, 0.15) is 17.2 Å². The third kappa shape index (κ3) is 5.38. The lowest BCUT2D eigenvalue weighted by atomic mass is 10.0. The number of nitrogens with zero attached hydrogens (tertiary/aromatic N) is 2. The third-order valence-corrected chi connectivity index (χ3v) is 5.89. The van der Waals surface area contributed by atoms with Crippen LogP contribution in [0.3, 0.4) is 0 Å². The first-order chi connectivity index (χ1) is 16.9. The minimum absolute atomic E-state index is 0.0102. The number of ether oxygens (including phenoxy) is 2. The number of rotatable bonds is 7. The summed E-state index contributed by atoms with van der Waals surface area (Å²) in [6, 6.07) is 11.9. The van der Waals surface area contributed by atoms with Crippen LogP contribution in [0, 0.1) is 0 Å². The molecule has 12 heteroatoms. The lowest BCUT2D eigenvalue weighted by Crippen LogP contribution is -2.49. The Kier molecular flexibility index (Phi) is 6.92. The predicted octanol–water partition coefficient (Wildman–Crippen LogP) is 2.84. The van der Waals surface area contributed by atoms with Gasteiger partial charge in [0.05, 0.1) is 12.5 Å². The van der Waals surface area contributed by atoms with Gasteiger partial charge in [0, 0.05) is 6.42 Å². The Balaban J connectivity index is 1.59. The summed E-state index contributed by atoms with van der Waals surface area (Å²) in [6.45, 7) is 0. The molecule has 35 heavy (non-hydrogen) atoms. The number of urea groups is 1. The van der Waals surface area contributed by atoms with E-state index in [-0.39, 0.29) is 23.2 Å². The van der Waals surface area contributed by atoms with Crippen molar-refractivity contribution >= 4 is 40.5 Å². The lowest BCUT2D eigenvalue weighted by Gasteiger charge is -2.24. The summed E-state index contributed by atoms with van der Waals surface area (Å²) < 4.78 is 9.23. The molecule has 180 valence electrons. The molecule has 1 fully saturated rings. The molecule has 1 aliphatic heterocycles. The molecule has 1 aromatic heterocycles. The van der Waals surface area contributed by atoms with Gasteiger partial charge in [-0.2, -0.15) is 4.98 Å². The number of aromatic nitrogens is 1. The number of aromatic hydroxyl groups is 1. The summed E-state index contributed by atoms with van der Waals surface area (Å²) in [7, 11) is 1.14. The van der Waals surface area contributed by atoms with Crippen LogP contribution in [0.2, 0.25) is 0 Å². The van der Waals surface area contributed by atoms with Crippen LogP contribution in [-0.4, -0.2) is 52.1 Å². The Labute approximate surface area is 203 Å². The van der Waals surface area contributed by atoms with E-state index >= 15 is 0 Å². The molecule has 0 unspecified atom stereocenters. The molecule has 1 saturated heterocycles. The van der Waals surface area contributed by atoms with Gasteiger partial charge in [-0.3, -0.25) is 9.59 Å².